The van der Waals surface area contributed by atoms with Crippen molar-refractivity contribution in [2.24, 2.45) is 5.92 Å². The Morgan fingerprint density at radius 2 is 1.84 bits per heavy atom. The maximum Gasteiger partial charge on any atom is 0.123 e. The summed E-state index contributed by atoms with van der Waals surface area (Å²) in [5, 5.41) is 3.43. The van der Waals surface area contributed by atoms with E-state index in [0.717, 1.165) is 38.6 Å². The number of halogens is 2. The van der Waals surface area contributed by atoms with Crippen molar-refractivity contribution in [3.8, 4) is 0 Å². The van der Waals surface area contributed by atoms with Crippen LogP contribution in [0.15, 0.2) is 24.3 Å². The number of piperidine rings is 1. The minimum Gasteiger partial charge on any atom is -0.317 e. The van der Waals surface area contributed by atoms with Gasteiger partial charge < -0.3 is 5.32 Å². The van der Waals surface area contributed by atoms with Crippen LogP contribution in [0.2, 0.25) is 0 Å². The number of hydrogen-bond donors (Lipinski definition) is 1. The van der Waals surface area contributed by atoms with Gasteiger partial charge in [0, 0.05) is 6.54 Å². The van der Waals surface area contributed by atoms with Gasteiger partial charge in [0.05, 0.1) is 0 Å². The minimum absolute atomic E-state index is 0. The Morgan fingerprint density at radius 3 is 2.42 bits per heavy atom. The van der Waals surface area contributed by atoms with Crippen LogP contribution in [0.3, 0.4) is 0 Å². The molecule has 108 valence electrons. The van der Waals surface area contributed by atoms with Crippen LogP contribution in [0, 0.1) is 11.7 Å². The molecule has 0 saturated carbocycles. The van der Waals surface area contributed by atoms with Crippen molar-refractivity contribution in [2.45, 2.75) is 26.3 Å². The first-order valence-corrected chi connectivity index (χ1v) is 6.95. The van der Waals surface area contributed by atoms with E-state index in [2.05, 4.69) is 17.1 Å². The van der Waals surface area contributed by atoms with Crippen molar-refractivity contribution in [1.29, 1.82) is 0 Å². The van der Waals surface area contributed by atoms with Crippen LogP contribution in [0.5, 0.6) is 0 Å². The highest BCUT2D eigenvalue weighted by atomic mass is 35.5. The van der Waals surface area contributed by atoms with Gasteiger partial charge in [-0.15, -0.1) is 12.4 Å². The van der Waals surface area contributed by atoms with Crippen molar-refractivity contribution in [1.82, 2.24) is 10.2 Å². The van der Waals surface area contributed by atoms with Crippen LogP contribution in [0.25, 0.3) is 0 Å². The van der Waals surface area contributed by atoms with E-state index in [9.17, 15) is 4.39 Å². The van der Waals surface area contributed by atoms with Gasteiger partial charge in [0.2, 0.25) is 0 Å². The lowest BCUT2D eigenvalue weighted by Crippen LogP contribution is -2.36. The van der Waals surface area contributed by atoms with E-state index in [1.54, 1.807) is 12.1 Å². The molecule has 0 atom stereocenters. The Balaban J connectivity index is 0.00000180. The van der Waals surface area contributed by atoms with Gasteiger partial charge in [-0.3, -0.25) is 4.90 Å². The topological polar surface area (TPSA) is 15.3 Å². The molecule has 1 aliphatic heterocycles. The fourth-order valence-electron chi connectivity index (χ4n) is 2.55. The van der Waals surface area contributed by atoms with E-state index in [4.69, 9.17) is 0 Å². The van der Waals surface area contributed by atoms with Gasteiger partial charge in [-0.2, -0.15) is 0 Å². The van der Waals surface area contributed by atoms with Gasteiger partial charge in [-0.1, -0.05) is 19.1 Å². The molecule has 19 heavy (non-hydrogen) atoms. The SMILES string of the molecule is CCNCC1CCN(Cc2ccc(F)cc2)CC1.Cl. The van der Waals surface area contributed by atoms with E-state index in [1.165, 1.54) is 18.4 Å². The van der Waals surface area contributed by atoms with Crippen LogP contribution in [-0.4, -0.2) is 31.1 Å². The average Bonchev–Trinajstić information content (AvgIpc) is 2.41. The van der Waals surface area contributed by atoms with Crippen molar-refractivity contribution >= 4 is 12.4 Å². The van der Waals surface area contributed by atoms with Gasteiger partial charge in [0.25, 0.3) is 0 Å². The van der Waals surface area contributed by atoms with Gasteiger partial charge in [0.1, 0.15) is 5.82 Å². The number of benzene rings is 1. The lowest BCUT2D eigenvalue weighted by atomic mass is 9.96. The monoisotopic (exact) mass is 286 g/mol. The summed E-state index contributed by atoms with van der Waals surface area (Å²) >= 11 is 0. The van der Waals surface area contributed by atoms with E-state index in [1.807, 2.05) is 12.1 Å². The zero-order chi connectivity index (χ0) is 12.8. The Labute approximate surface area is 121 Å². The summed E-state index contributed by atoms with van der Waals surface area (Å²) in [5.41, 5.74) is 1.21. The average molecular weight is 287 g/mol. The first-order chi connectivity index (χ1) is 8.78. The van der Waals surface area contributed by atoms with Crippen molar-refractivity contribution in [3.63, 3.8) is 0 Å². The molecule has 1 saturated heterocycles. The highest BCUT2D eigenvalue weighted by molar-refractivity contribution is 5.85. The summed E-state index contributed by atoms with van der Waals surface area (Å²) in [6, 6.07) is 6.88. The molecule has 2 rings (SSSR count). The molecule has 0 radical (unpaired) electrons. The molecule has 1 fully saturated rings. The predicted octanol–water partition coefficient (Wildman–Crippen LogP) is 3.07. The molecule has 4 heteroatoms. The predicted molar refractivity (Wildman–Crippen MR) is 80.2 cm³/mol. The maximum absolute atomic E-state index is 12.8. The summed E-state index contributed by atoms with van der Waals surface area (Å²) in [6.45, 7) is 7.65. The largest absolute Gasteiger partial charge is 0.317 e. The molecule has 1 heterocycles. The van der Waals surface area contributed by atoms with Crippen molar-refractivity contribution in [3.05, 3.63) is 35.6 Å². The van der Waals surface area contributed by atoms with E-state index < -0.39 is 0 Å². The number of likely N-dealkylation sites (tertiary alicyclic amines) is 1. The first kappa shape index (κ1) is 16.4. The summed E-state index contributed by atoms with van der Waals surface area (Å²) in [6.07, 6.45) is 2.54. The van der Waals surface area contributed by atoms with Crippen LogP contribution in [-0.2, 0) is 6.54 Å². The molecule has 1 aliphatic rings. The molecule has 0 unspecified atom stereocenters. The van der Waals surface area contributed by atoms with Crippen LogP contribution < -0.4 is 5.32 Å². The van der Waals surface area contributed by atoms with Crippen LogP contribution in [0.1, 0.15) is 25.3 Å². The Morgan fingerprint density at radius 1 is 1.21 bits per heavy atom. The van der Waals surface area contributed by atoms with Gasteiger partial charge >= 0.3 is 0 Å². The standard InChI is InChI=1S/C15H23FN2.ClH/c1-2-17-11-13-7-9-18(10-8-13)12-14-3-5-15(16)6-4-14;/h3-6,13,17H,2,7-12H2,1H3;1H. The third kappa shape index (κ3) is 5.47. The van der Waals surface area contributed by atoms with Gasteiger partial charge in [0.15, 0.2) is 0 Å². The highest BCUT2D eigenvalue weighted by Gasteiger charge is 2.18. The van der Waals surface area contributed by atoms with E-state index in [0.29, 0.717) is 0 Å². The Hall–Kier alpha value is -0.640. The molecular weight excluding hydrogens is 263 g/mol. The minimum atomic E-state index is -0.150. The molecule has 1 aromatic carbocycles. The molecule has 0 aliphatic carbocycles. The molecule has 1 aromatic rings. The summed E-state index contributed by atoms with van der Waals surface area (Å²) in [7, 11) is 0. The second kappa shape index (κ2) is 8.51. The molecule has 0 amide bonds. The number of hydrogen-bond acceptors (Lipinski definition) is 2. The third-order valence-corrected chi connectivity index (χ3v) is 3.71. The van der Waals surface area contributed by atoms with E-state index >= 15 is 0 Å². The normalized spacial score (nSPS) is 17.2. The third-order valence-electron chi connectivity index (χ3n) is 3.71. The fourth-order valence-corrected chi connectivity index (χ4v) is 2.55. The fraction of sp³-hybridized carbons (Fsp3) is 0.600. The van der Waals surface area contributed by atoms with Gasteiger partial charge in [-0.05, 0) is 62.6 Å². The molecule has 0 bridgehead atoms. The highest BCUT2D eigenvalue weighted by Crippen LogP contribution is 2.18. The number of nitrogens with one attached hydrogen (secondary N) is 1. The quantitative estimate of drug-likeness (QED) is 0.895. The molecule has 0 spiro atoms. The molecular formula is C15H24ClFN2. The molecule has 0 aromatic heterocycles. The van der Waals surface area contributed by atoms with E-state index in [-0.39, 0.29) is 18.2 Å². The number of nitrogens with zero attached hydrogens (tertiary/aromatic N) is 1. The summed E-state index contributed by atoms with van der Waals surface area (Å²) in [4.78, 5) is 2.47. The lowest BCUT2D eigenvalue weighted by Gasteiger charge is -2.32. The van der Waals surface area contributed by atoms with Crippen LogP contribution in [0.4, 0.5) is 4.39 Å². The smallest absolute Gasteiger partial charge is 0.123 e. The zero-order valence-electron chi connectivity index (χ0n) is 11.6. The second-order valence-corrected chi connectivity index (χ2v) is 5.15. The Kier molecular flexibility index (Phi) is 7.36. The molecule has 1 N–H and O–H groups in total. The Bertz CT molecular complexity index is 348. The summed E-state index contributed by atoms with van der Waals surface area (Å²) < 4.78 is 12.8. The van der Waals surface area contributed by atoms with Crippen molar-refractivity contribution < 1.29 is 4.39 Å². The zero-order valence-corrected chi connectivity index (χ0v) is 12.4. The first-order valence-electron chi connectivity index (χ1n) is 6.95. The van der Waals surface area contributed by atoms with Crippen LogP contribution >= 0.6 is 12.4 Å². The number of rotatable bonds is 5. The second-order valence-electron chi connectivity index (χ2n) is 5.15. The summed E-state index contributed by atoms with van der Waals surface area (Å²) in [5.74, 6) is 0.678. The lowest BCUT2D eigenvalue weighted by molar-refractivity contribution is 0.176. The maximum atomic E-state index is 12.8. The van der Waals surface area contributed by atoms with Gasteiger partial charge in [-0.25, -0.2) is 4.39 Å². The molecule has 2 nitrogen and oxygen atoms in total. The van der Waals surface area contributed by atoms with Crippen molar-refractivity contribution in [2.75, 3.05) is 26.2 Å².